The fraction of sp³-hybridized carbons (Fsp3) is 0.647. The topological polar surface area (TPSA) is 87.7 Å². The molecule has 0 saturated carbocycles. The molecule has 138 valence electrons. The van der Waals surface area contributed by atoms with Gasteiger partial charge in [-0.3, -0.25) is 9.59 Å². The number of methoxy groups -OCH3 is 1. The predicted molar refractivity (Wildman–Crippen MR) is 94.1 cm³/mol. The molecular weight excluding hydrogens is 322 g/mol. The third-order valence-electron chi connectivity index (χ3n) is 4.31. The van der Waals surface area contributed by atoms with Crippen LogP contribution in [-0.2, 0) is 14.3 Å². The largest absolute Gasteiger partial charge is 0.385 e. The predicted octanol–water partition coefficient (Wildman–Crippen LogP) is 0.304. The second kappa shape index (κ2) is 8.75. The van der Waals surface area contributed by atoms with E-state index in [4.69, 9.17) is 4.74 Å². The van der Waals surface area contributed by atoms with Crippen LogP contribution in [-0.4, -0.2) is 73.1 Å². The fourth-order valence-electron chi connectivity index (χ4n) is 2.70. The van der Waals surface area contributed by atoms with E-state index in [2.05, 4.69) is 15.3 Å². The molecule has 8 nitrogen and oxygen atoms in total. The first kappa shape index (κ1) is 19.1. The Labute approximate surface area is 148 Å². The minimum Gasteiger partial charge on any atom is -0.385 e. The number of amides is 2. The van der Waals surface area contributed by atoms with Crippen molar-refractivity contribution in [1.82, 2.24) is 20.2 Å². The van der Waals surface area contributed by atoms with Gasteiger partial charge < -0.3 is 19.9 Å². The second-order valence-electron chi connectivity index (χ2n) is 6.56. The Morgan fingerprint density at radius 2 is 1.84 bits per heavy atom. The van der Waals surface area contributed by atoms with Crippen molar-refractivity contribution < 1.29 is 14.3 Å². The summed E-state index contributed by atoms with van der Waals surface area (Å²) in [6.45, 7) is 6.85. The van der Waals surface area contributed by atoms with Crippen molar-refractivity contribution in [1.29, 1.82) is 0 Å². The highest BCUT2D eigenvalue weighted by Gasteiger charge is 2.39. The Morgan fingerprint density at radius 1 is 1.20 bits per heavy atom. The van der Waals surface area contributed by atoms with E-state index in [0.717, 1.165) is 6.42 Å². The number of nitrogens with zero attached hydrogens (tertiary/aromatic N) is 4. The Hall–Kier alpha value is -2.22. The van der Waals surface area contributed by atoms with E-state index in [1.807, 2.05) is 4.90 Å². The molecule has 0 unspecified atom stereocenters. The number of piperazine rings is 1. The molecule has 0 spiro atoms. The molecule has 0 bridgehead atoms. The van der Waals surface area contributed by atoms with Crippen molar-refractivity contribution in [3.8, 4) is 0 Å². The highest BCUT2D eigenvalue weighted by Crippen LogP contribution is 2.21. The Balaban J connectivity index is 1.86. The quantitative estimate of drug-likeness (QED) is 0.563. The highest BCUT2D eigenvalue weighted by molar-refractivity contribution is 6.04. The summed E-state index contributed by atoms with van der Waals surface area (Å²) in [7, 11) is 1.62. The monoisotopic (exact) mass is 349 g/mol. The highest BCUT2D eigenvalue weighted by atomic mass is 16.5. The number of anilines is 1. The zero-order chi connectivity index (χ0) is 18.3. The zero-order valence-electron chi connectivity index (χ0n) is 15.2. The molecule has 0 aliphatic carbocycles. The van der Waals surface area contributed by atoms with Crippen molar-refractivity contribution in [2.24, 2.45) is 5.41 Å². The fourth-order valence-corrected chi connectivity index (χ4v) is 2.70. The van der Waals surface area contributed by atoms with Crippen LogP contribution in [0.25, 0.3) is 0 Å². The van der Waals surface area contributed by atoms with Gasteiger partial charge in [0.15, 0.2) is 0 Å². The molecule has 1 aromatic heterocycles. The Kier molecular flexibility index (Phi) is 6.69. The van der Waals surface area contributed by atoms with E-state index in [9.17, 15) is 9.59 Å². The lowest BCUT2D eigenvalue weighted by molar-refractivity contribution is -0.148. The number of hydrogen-bond acceptors (Lipinski definition) is 6. The van der Waals surface area contributed by atoms with E-state index in [0.29, 0.717) is 45.3 Å². The van der Waals surface area contributed by atoms with Gasteiger partial charge >= 0.3 is 0 Å². The average Bonchev–Trinajstić information content (AvgIpc) is 2.65. The Bertz CT molecular complexity index is 571. The summed E-state index contributed by atoms with van der Waals surface area (Å²) in [5.41, 5.74) is -1.08. The van der Waals surface area contributed by atoms with Crippen LogP contribution in [0.5, 0.6) is 0 Å². The molecule has 25 heavy (non-hydrogen) atoms. The maximum atomic E-state index is 12.8. The number of hydrogen-bond donors (Lipinski definition) is 1. The van der Waals surface area contributed by atoms with Gasteiger partial charge in [0.1, 0.15) is 5.41 Å². The van der Waals surface area contributed by atoms with Crippen LogP contribution in [0, 0.1) is 5.41 Å². The summed E-state index contributed by atoms with van der Waals surface area (Å²) in [6.07, 6.45) is 4.13. The van der Waals surface area contributed by atoms with Gasteiger partial charge in [-0.15, -0.1) is 0 Å². The van der Waals surface area contributed by atoms with Crippen molar-refractivity contribution in [3.05, 3.63) is 18.5 Å². The molecule has 1 aliphatic rings. The maximum Gasteiger partial charge on any atom is 0.237 e. The number of nitrogens with one attached hydrogen (secondary N) is 1. The smallest absolute Gasteiger partial charge is 0.237 e. The minimum atomic E-state index is -1.08. The van der Waals surface area contributed by atoms with Crippen LogP contribution >= 0.6 is 0 Å². The van der Waals surface area contributed by atoms with Crippen LogP contribution in [0.3, 0.4) is 0 Å². The molecule has 0 radical (unpaired) electrons. The maximum absolute atomic E-state index is 12.8. The standard InChI is InChI=1S/C17H27N5O3/c1-17(2,14(23)18-8-5-13-25-3)15(24)21-9-11-22(12-10-21)16-19-6-4-7-20-16/h4,6-7H,5,8-13H2,1-3H3,(H,18,23). The lowest BCUT2D eigenvalue weighted by atomic mass is 9.90. The summed E-state index contributed by atoms with van der Waals surface area (Å²) in [6, 6.07) is 1.77. The third kappa shape index (κ3) is 4.88. The van der Waals surface area contributed by atoms with Crippen molar-refractivity contribution in [2.45, 2.75) is 20.3 Å². The molecule has 8 heteroatoms. The third-order valence-corrected chi connectivity index (χ3v) is 4.31. The van der Waals surface area contributed by atoms with E-state index in [1.54, 1.807) is 44.3 Å². The molecule has 2 amide bonds. The van der Waals surface area contributed by atoms with Crippen molar-refractivity contribution in [2.75, 3.05) is 51.3 Å². The molecule has 1 aliphatic heterocycles. The van der Waals surface area contributed by atoms with E-state index < -0.39 is 5.41 Å². The first-order chi connectivity index (χ1) is 12.0. The molecule has 1 aromatic rings. The molecule has 0 aromatic carbocycles. The molecule has 2 heterocycles. The number of rotatable bonds is 7. The molecule has 0 atom stereocenters. The SMILES string of the molecule is COCCCNC(=O)C(C)(C)C(=O)N1CCN(c2ncccn2)CC1. The average molecular weight is 349 g/mol. The van der Waals surface area contributed by atoms with Gasteiger partial charge in [0.25, 0.3) is 0 Å². The minimum absolute atomic E-state index is 0.148. The van der Waals surface area contributed by atoms with Crippen LogP contribution < -0.4 is 10.2 Å². The molecule has 2 rings (SSSR count). The summed E-state index contributed by atoms with van der Waals surface area (Å²) in [5.74, 6) is 0.276. The van der Waals surface area contributed by atoms with E-state index in [1.165, 1.54) is 0 Å². The van der Waals surface area contributed by atoms with Crippen LogP contribution in [0.1, 0.15) is 20.3 Å². The van der Waals surface area contributed by atoms with Crippen LogP contribution in [0.15, 0.2) is 18.5 Å². The van der Waals surface area contributed by atoms with Crippen molar-refractivity contribution >= 4 is 17.8 Å². The summed E-state index contributed by atoms with van der Waals surface area (Å²) in [5, 5.41) is 2.82. The van der Waals surface area contributed by atoms with E-state index >= 15 is 0 Å². The first-order valence-electron chi connectivity index (χ1n) is 8.55. The molecular formula is C17H27N5O3. The lowest BCUT2D eigenvalue weighted by Crippen LogP contribution is -2.55. The first-order valence-corrected chi connectivity index (χ1v) is 8.55. The van der Waals surface area contributed by atoms with Crippen molar-refractivity contribution in [3.63, 3.8) is 0 Å². The van der Waals surface area contributed by atoms with Gasteiger partial charge in [-0.25, -0.2) is 9.97 Å². The number of carbonyl (C=O) groups is 2. The van der Waals surface area contributed by atoms with Gasteiger partial charge in [0.2, 0.25) is 17.8 Å². The summed E-state index contributed by atoms with van der Waals surface area (Å²) >= 11 is 0. The molecule has 1 saturated heterocycles. The van der Waals surface area contributed by atoms with Crippen LogP contribution in [0.2, 0.25) is 0 Å². The van der Waals surface area contributed by atoms with Gasteiger partial charge in [0.05, 0.1) is 0 Å². The number of carbonyl (C=O) groups excluding carboxylic acids is 2. The second-order valence-corrected chi connectivity index (χ2v) is 6.56. The summed E-state index contributed by atoms with van der Waals surface area (Å²) in [4.78, 5) is 37.4. The zero-order valence-corrected chi connectivity index (χ0v) is 15.2. The normalized spacial score (nSPS) is 15.2. The van der Waals surface area contributed by atoms with Gasteiger partial charge in [-0.1, -0.05) is 0 Å². The summed E-state index contributed by atoms with van der Waals surface area (Å²) < 4.78 is 4.96. The number of ether oxygens (including phenoxy) is 1. The Morgan fingerprint density at radius 3 is 2.44 bits per heavy atom. The van der Waals surface area contributed by atoms with Gasteiger partial charge in [-0.05, 0) is 26.3 Å². The number of aromatic nitrogens is 2. The lowest BCUT2D eigenvalue weighted by Gasteiger charge is -2.38. The molecule has 1 fully saturated rings. The van der Waals surface area contributed by atoms with Crippen LogP contribution in [0.4, 0.5) is 5.95 Å². The van der Waals surface area contributed by atoms with Gasteiger partial charge in [-0.2, -0.15) is 0 Å². The van der Waals surface area contributed by atoms with E-state index in [-0.39, 0.29) is 11.8 Å². The van der Waals surface area contributed by atoms with Gasteiger partial charge in [0, 0.05) is 58.8 Å². The molecule has 1 N–H and O–H groups in total.